The fraction of sp³-hybridized carbons (Fsp3) is 0.500. The third kappa shape index (κ3) is 3.39. The minimum atomic E-state index is -0.821. The Bertz CT molecular complexity index is 491. The van der Waals surface area contributed by atoms with Gasteiger partial charge in [-0.1, -0.05) is 38.8 Å². The highest BCUT2D eigenvalue weighted by molar-refractivity contribution is 9.10. The van der Waals surface area contributed by atoms with Gasteiger partial charge in [0, 0.05) is 22.4 Å². The van der Waals surface area contributed by atoms with E-state index in [9.17, 15) is 13.6 Å². The Morgan fingerprint density at radius 1 is 1.30 bits per heavy atom. The van der Waals surface area contributed by atoms with Gasteiger partial charge >= 0.3 is 0 Å². The molecule has 110 valence electrons. The average molecular weight is 411 g/mol. The standard InChI is InChI=1S/C14H15Br2F2NO/c1-8(15)9-2-4-19(5-3-9)14(20)13-11(17)6-10(16)7-12(13)18/h6-9H,2-5H2,1H3. The van der Waals surface area contributed by atoms with E-state index < -0.39 is 23.1 Å². The maximum atomic E-state index is 13.8. The van der Waals surface area contributed by atoms with Crippen LogP contribution in [0.15, 0.2) is 16.6 Å². The lowest BCUT2D eigenvalue weighted by molar-refractivity contribution is 0.0681. The maximum absolute atomic E-state index is 13.8. The van der Waals surface area contributed by atoms with Crippen LogP contribution < -0.4 is 0 Å². The first-order valence-electron chi connectivity index (χ1n) is 6.48. The van der Waals surface area contributed by atoms with E-state index in [-0.39, 0.29) is 4.47 Å². The Hall–Kier alpha value is -0.490. The van der Waals surface area contributed by atoms with E-state index in [4.69, 9.17) is 0 Å². The number of amides is 1. The number of hydrogen-bond acceptors (Lipinski definition) is 1. The molecule has 1 unspecified atom stereocenters. The Morgan fingerprint density at radius 3 is 2.25 bits per heavy atom. The molecule has 1 fully saturated rings. The molecule has 1 aromatic carbocycles. The van der Waals surface area contributed by atoms with Crippen molar-refractivity contribution in [3.63, 3.8) is 0 Å². The van der Waals surface area contributed by atoms with E-state index in [0.29, 0.717) is 23.8 Å². The summed E-state index contributed by atoms with van der Waals surface area (Å²) in [5.74, 6) is -1.71. The fourth-order valence-corrected chi connectivity index (χ4v) is 3.40. The van der Waals surface area contributed by atoms with E-state index in [0.717, 1.165) is 25.0 Å². The first kappa shape index (κ1) is 15.9. The van der Waals surface area contributed by atoms with Crippen LogP contribution in [0, 0.1) is 17.6 Å². The predicted octanol–water partition coefficient (Wildman–Crippen LogP) is 4.36. The van der Waals surface area contributed by atoms with Crippen LogP contribution in [0.5, 0.6) is 0 Å². The second-order valence-corrected chi connectivity index (χ2v) is 7.41. The molecular formula is C14H15Br2F2NO. The van der Waals surface area contributed by atoms with Crippen LogP contribution in [-0.4, -0.2) is 28.7 Å². The van der Waals surface area contributed by atoms with Gasteiger partial charge in [0.05, 0.1) is 0 Å². The van der Waals surface area contributed by atoms with Crippen LogP contribution in [0.4, 0.5) is 8.78 Å². The van der Waals surface area contributed by atoms with Crippen molar-refractivity contribution in [2.45, 2.75) is 24.6 Å². The van der Waals surface area contributed by atoms with Crippen molar-refractivity contribution in [1.29, 1.82) is 0 Å². The Labute approximate surface area is 133 Å². The summed E-state index contributed by atoms with van der Waals surface area (Å²) in [4.78, 5) is 14.2. The van der Waals surface area contributed by atoms with Gasteiger partial charge in [-0.05, 0) is 30.9 Å². The minimum Gasteiger partial charge on any atom is -0.338 e. The number of alkyl halides is 1. The van der Waals surface area contributed by atoms with Crippen molar-refractivity contribution >= 4 is 37.8 Å². The lowest BCUT2D eigenvalue weighted by Gasteiger charge is -2.33. The second-order valence-electron chi connectivity index (χ2n) is 5.05. The summed E-state index contributed by atoms with van der Waals surface area (Å²) in [5.41, 5.74) is -0.460. The molecule has 2 nitrogen and oxygen atoms in total. The average Bonchev–Trinajstić information content (AvgIpc) is 2.37. The van der Waals surface area contributed by atoms with Crippen LogP contribution in [-0.2, 0) is 0 Å². The molecule has 1 aromatic rings. The zero-order valence-electron chi connectivity index (χ0n) is 11.0. The van der Waals surface area contributed by atoms with Crippen molar-refractivity contribution in [2.75, 3.05) is 13.1 Å². The third-order valence-corrected chi connectivity index (χ3v) is 4.90. The Balaban J connectivity index is 2.14. The summed E-state index contributed by atoms with van der Waals surface area (Å²) in [7, 11) is 0. The number of benzene rings is 1. The third-order valence-electron chi connectivity index (χ3n) is 3.70. The summed E-state index contributed by atoms with van der Waals surface area (Å²) in [6.45, 7) is 3.15. The molecule has 0 N–H and O–H groups in total. The smallest absolute Gasteiger partial charge is 0.259 e. The van der Waals surface area contributed by atoms with Gasteiger partial charge < -0.3 is 4.90 Å². The van der Waals surface area contributed by atoms with Gasteiger partial charge in [0.1, 0.15) is 17.2 Å². The molecule has 0 spiro atoms. The van der Waals surface area contributed by atoms with Crippen LogP contribution in [0.1, 0.15) is 30.1 Å². The molecule has 2 rings (SSSR count). The molecule has 6 heteroatoms. The van der Waals surface area contributed by atoms with Gasteiger partial charge in [-0.25, -0.2) is 8.78 Å². The number of hydrogen-bond donors (Lipinski definition) is 0. The highest BCUT2D eigenvalue weighted by atomic mass is 79.9. The number of piperidine rings is 1. The number of carbonyl (C=O) groups is 1. The van der Waals surface area contributed by atoms with Crippen molar-refractivity contribution in [1.82, 2.24) is 4.90 Å². The number of rotatable bonds is 2. The monoisotopic (exact) mass is 409 g/mol. The number of nitrogens with zero attached hydrogens (tertiary/aromatic N) is 1. The van der Waals surface area contributed by atoms with Gasteiger partial charge in [-0.2, -0.15) is 0 Å². The zero-order valence-corrected chi connectivity index (χ0v) is 14.2. The van der Waals surface area contributed by atoms with Gasteiger partial charge in [0.15, 0.2) is 0 Å². The fourth-order valence-electron chi connectivity index (χ4n) is 2.47. The Kier molecular flexibility index (Phi) is 5.18. The lowest BCUT2D eigenvalue weighted by atomic mass is 9.94. The van der Waals surface area contributed by atoms with Crippen LogP contribution >= 0.6 is 31.9 Å². The molecule has 20 heavy (non-hydrogen) atoms. The molecule has 1 atom stereocenters. The largest absolute Gasteiger partial charge is 0.338 e. The zero-order chi connectivity index (χ0) is 14.9. The Morgan fingerprint density at radius 2 is 1.80 bits per heavy atom. The van der Waals surface area contributed by atoms with E-state index in [1.807, 2.05) is 0 Å². The normalized spacial score (nSPS) is 18.1. The summed E-state index contributed by atoms with van der Waals surface area (Å²) in [6, 6.07) is 2.23. The van der Waals surface area contributed by atoms with Crippen molar-refractivity contribution in [3.05, 3.63) is 33.8 Å². The van der Waals surface area contributed by atoms with Crippen molar-refractivity contribution < 1.29 is 13.6 Å². The first-order valence-corrected chi connectivity index (χ1v) is 8.19. The minimum absolute atomic E-state index is 0.288. The quantitative estimate of drug-likeness (QED) is 0.663. The topological polar surface area (TPSA) is 20.3 Å². The highest BCUT2D eigenvalue weighted by Gasteiger charge is 2.29. The molecule has 0 aliphatic carbocycles. The predicted molar refractivity (Wildman–Crippen MR) is 81.1 cm³/mol. The lowest BCUT2D eigenvalue weighted by Crippen LogP contribution is -2.40. The number of carbonyl (C=O) groups excluding carboxylic acids is 1. The first-order chi connectivity index (χ1) is 9.40. The molecular weight excluding hydrogens is 396 g/mol. The molecule has 1 aliphatic rings. The molecule has 0 radical (unpaired) electrons. The number of halogens is 4. The summed E-state index contributed by atoms with van der Waals surface area (Å²) in [5, 5.41) is 0. The molecule has 1 heterocycles. The second kappa shape index (κ2) is 6.52. The van der Waals surface area contributed by atoms with Crippen molar-refractivity contribution in [3.8, 4) is 0 Å². The van der Waals surface area contributed by atoms with E-state index in [1.165, 1.54) is 4.90 Å². The summed E-state index contributed by atoms with van der Waals surface area (Å²) >= 11 is 6.55. The molecule has 0 saturated carbocycles. The van der Waals surface area contributed by atoms with Gasteiger partial charge in [0.25, 0.3) is 5.91 Å². The van der Waals surface area contributed by atoms with Gasteiger partial charge in [-0.3, -0.25) is 4.79 Å². The molecule has 0 bridgehead atoms. The SMILES string of the molecule is CC(Br)C1CCN(C(=O)c2c(F)cc(Br)cc2F)CC1. The molecule has 1 amide bonds. The van der Waals surface area contributed by atoms with Gasteiger partial charge in [-0.15, -0.1) is 0 Å². The molecule has 1 saturated heterocycles. The van der Waals surface area contributed by atoms with E-state index >= 15 is 0 Å². The van der Waals surface area contributed by atoms with Crippen molar-refractivity contribution in [2.24, 2.45) is 5.92 Å². The highest BCUT2D eigenvalue weighted by Crippen LogP contribution is 2.27. The summed E-state index contributed by atoms with van der Waals surface area (Å²) in [6.07, 6.45) is 1.69. The summed E-state index contributed by atoms with van der Waals surface area (Å²) < 4.78 is 27.9. The van der Waals surface area contributed by atoms with E-state index in [2.05, 4.69) is 38.8 Å². The molecule has 0 aromatic heterocycles. The number of likely N-dealkylation sites (tertiary alicyclic amines) is 1. The van der Waals surface area contributed by atoms with Gasteiger partial charge in [0.2, 0.25) is 0 Å². The van der Waals surface area contributed by atoms with Crippen LogP contribution in [0.2, 0.25) is 0 Å². The maximum Gasteiger partial charge on any atom is 0.259 e. The molecule has 1 aliphatic heterocycles. The van der Waals surface area contributed by atoms with Crippen LogP contribution in [0.3, 0.4) is 0 Å². The van der Waals surface area contributed by atoms with E-state index in [1.54, 1.807) is 0 Å². The van der Waals surface area contributed by atoms with Crippen LogP contribution in [0.25, 0.3) is 0 Å².